The van der Waals surface area contributed by atoms with E-state index < -0.39 is 125 Å². The minimum Gasteiger partial charge on any atom is -0.450 e. The van der Waals surface area contributed by atoms with E-state index in [9.17, 15) is 19.5 Å². The molecule has 3 aliphatic rings. The molecule has 490 valence electrons. The zero-order chi connectivity index (χ0) is 65.9. The minimum absolute atomic E-state index is 0.0110. The first-order valence-electron chi connectivity index (χ1n) is 32.7. The highest BCUT2D eigenvalue weighted by Gasteiger charge is 2.48. The molecule has 19 nitrogen and oxygen atoms in total. The molecule has 89 heavy (non-hydrogen) atoms. The van der Waals surface area contributed by atoms with Gasteiger partial charge < -0.3 is 39.7 Å². The van der Waals surface area contributed by atoms with Crippen molar-refractivity contribution in [1.29, 1.82) is 0 Å². The highest BCUT2D eigenvalue weighted by molar-refractivity contribution is 5.99. The Hall–Kier alpha value is -6.76. The Kier molecular flexibility index (Phi) is 25.1. The van der Waals surface area contributed by atoms with Crippen molar-refractivity contribution in [1.82, 2.24) is 39.6 Å². The quantitative estimate of drug-likeness (QED) is 0.136. The van der Waals surface area contributed by atoms with Crippen molar-refractivity contribution in [3.8, 4) is 11.1 Å². The summed E-state index contributed by atoms with van der Waals surface area (Å²) in [7, 11) is 5.87. The number of rotatable bonds is 15. The molecule has 1 aliphatic carbocycles. The molecule has 2 saturated heterocycles. The Balaban J connectivity index is 1.51. The summed E-state index contributed by atoms with van der Waals surface area (Å²) in [6.07, 6.45) is 8.08. The number of cyclic esters (lactones) is 1. The number of ketones is 2. The molecular weight excluding hydrogens is 1130 g/mol. The average Bonchev–Trinajstić information content (AvgIpc) is 2.00. The number of hydrogen-bond acceptors (Lipinski definition) is 12. The Morgan fingerprint density at radius 3 is 1.85 bits per heavy atom. The Bertz CT molecular complexity index is 2950. The van der Waals surface area contributed by atoms with Gasteiger partial charge in [-0.25, -0.2) is 4.79 Å². The topological polar surface area (TPSA) is 229 Å². The summed E-state index contributed by atoms with van der Waals surface area (Å²) in [6, 6.07) is 9.78. The summed E-state index contributed by atoms with van der Waals surface area (Å²) in [4.78, 5) is 143. The van der Waals surface area contributed by atoms with E-state index in [4.69, 9.17) is 9.84 Å². The number of nitrogens with one attached hydrogen (secondary N) is 1. The molecule has 6 amide bonds. The van der Waals surface area contributed by atoms with E-state index in [1.54, 1.807) is 32.7 Å². The Labute approximate surface area is 529 Å². The zero-order valence-electron chi connectivity index (χ0n) is 56.1. The number of amides is 6. The molecule has 11 atom stereocenters. The van der Waals surface area contributed by atoms with Crippen LogP contribution in [0.15, 0.2) is 67.0 Å². The fraction of sp³-hybridized carbons (Fsp3) is 0.657. The summed E-state index contributed by atoms with van der Waals surface area (Å²) >= 11 is 0. The van der Waals surface area contributed by atoms with Crippen molar-refractivity contribution >= 4 is 53.0 Å². The van der Waals surface area contributed by atoms with Gasteiger partial charge in [0.2, 0.25) is 29.5 Å². The van der Waals surface area contributed by atoms with Crippen molar-refractivity contribution in [2.45, 2.75) is 221 Å². The number of esters is 1. The van der Waals surface area contributed by atoms with Crippen LogP contribution in [0.1, 0.15) is 171 Å². The molecule has 2 aromatic carbocycles. The minimum atomic E-state index is -1.95. The molecular formula is C70H104N8O11. The molecule has 0 radical (unpaired) electrons. The first-order valence-corrected chi connectivity index (χ1v) is 32.7. The Morgan fingerprint density at radius 2 is 1.26 bits per heavy atom. The molecule has 6 rings (SSSR count). The second-order valence-electron chi connectivity index (χ2n) is 27.6. The molecule has 0 bridgehead atoms. The second-order valence-corrected chi connectivity index (χ2v) is 27.6. The van der Waals surface area contributed by atoms with Gasteiger partial charge in [-0.2, -0.15) is 5.10 Å². The van der Waals surface area contributed by atoms with Gasteiger partial charge in [0, 0.05) is 89.9 Å². The van der Waals surface area contributed by atoms with Crippen LogP contribution in [0.4, 0.5) is 0 Å². The molecule has 3 unspecified atom stereocenters. The van der Waals surface area contributed by atoms with Crippen molar-refractivity contribution in [2.24, 2.45) is 41.4 Å². The molecule has 1 saturated carbocycles. The van der Waals surface area contributed by atoms with Gasteiger partial charge in [0.1, 0.15) is 18.1 Å². The van der Waals surface area contributed by atoms with Crippen molar-refractivity contribution < 1.29 is 53.0 Å². The SMILES string of the molecule is CCC(C)[C@@H]1CC(=O)[C@@H]2CCCN2C(=O)[C@H](Cc2cccc(-c3cnn(C4CCCC4)c3)c2)N(C)C(=O)[C@H](Cc2ccccc2)NC(=O)[C@H](C(C)C)N(C)C(=O)[C@@H](C(C)CC)OC(=O)[C@H](C(C)(C)O)N(C)C(=O)C(CC(C)C)CC(=O)[C@H](C(C)C)N(C)C1=O. The number of aliphatic hydroxyl groups is 1. The molecule has 3 heterocycles. The van der Waals surface area contributed by atoms with Gasteiger partial charge in [-0.1, -0.05) is 143 Å². The number of hydrogen-bond donors (Lipinski definition) is 2. The number of aromatic nitrogens is 2. The molecule has 1 aromatic heterocycles. The first-order chi connectivity index (χ1) is 41.9. The third-order valence-electron chi connectivity index (χ3n) is 19.2. The van der Waals surface area contributed by atoms with Gasteiger partial charge in [0.15, 0.2) is 23.7 Å². The lowest BCUT2D eigenvalue weighted by atomic mass is 9.82. The number of Topliss-reactive ketones (excluding diaryl/α,β-unsaturated/α-hetero) is 2. The lowest BCUT2D eigenvalue weighted by molar-refractivity contribution is -0.178. The highest BCUT2D eigenvalue weighted by Crippen LogP contribution is 2.34. The number of benzene rings is 2. The number of carbonyl (C=O) groups is 9. The normalized spacial score (nSPS) is 26.2. The van der Waals surface area contributed by atoms with Gasteiger partial charge in [-0.3, -0.25) is 43.0 Å². The number of fused-ring (bicyclic) bond motifs is 1. The smallest absolute Gasteiger partial charge is 0.332 e. The van der Waals surface area contributed by atoms with Gasteiger partial charge in [-0.05, 0) is 92.7 Å². The molecule has 3 aromatic rings. The van der Waals surface area contributed by atoms with Crippen LogP contribution in [0.25, 0.3) is 11.1 Å². The molecule has 3 fully saturated rings. The zero-order valence-corrected chi connectivity index (χ0v) is 56.1. The van der Waals surface area contributed by atoms with E-state index in [-0.39, 0.29) is 56.3 Å². The maximum absolute atomic E-state index is 15.8. The summed E-state index contributed by atoms with van der Waals surface area (Å²) < 4.78 is 8.19. The van der Waals surface area contributed by atoms with Crippen LogP contribution in [0.3, 0.4) is 0 Å². The fourth-order valence-electron chi connectivity index (χ4n) is 13.8. The number of carbonyl (C=O) groups excluding carboxylic acids is 9. The van der Waals surface area contributed by atoms with Crippen LogP contribution in [0.5, 0.6) is 0 Å². The van der Waals surface area contributed by atoms with Gasteiger partial charge >= 0.3 is 5.97 Å². The molecule has 2 N–H and O–H groups in total. The second kappa shape index (κ2) is 31.3. The average molecular weight is 1230 g/mol. The maximum atomic E-state index is 15.8. The number of likely N-dealkylation sites (N-methyl/N-ethyl adjacent to an activating group) is 4. The van der Waals surface area contributed by atoms with E-state index in [0.29, 0.717) is 37.3 Å². The summed E-state index contributed by atoms with van der Waals surface area (Å²) in [5.41, 5.74) is 1.24. The number of nitrogens with zero attached hydrogens (tertiary/aromatic N) is 7. The summed E-state index contributed by atoms with van der Waals surface area (Å²) in [6.45, 7) is 21.2. The summed E-state index contributed by atoms with van der Waals surface area (Å²) in [5.74, 6) is -9.42. The highest BCUT2D eigenvalue weighted by atomic mass is 16.6. The standard InChI is InChI=1S/C70H104N8O11/c1-17-45(9)53-39-57(79)55-32-25-33-77(55)67(85)56(37-48-28-24-29-49(35-48)51-40-71-78(41-51)52-30-22-23-31-52)73(13)66(84)54(36-47-26-20-19-21-27-47)72-63(81)60(44(7)8)75(15)68(86)61(46(10)18-2)89-69(87)62(70(11,12)88)76(16)64(82)50(34-42(3)4)38-58(80)59(43(5)6)74(14)65(53)83/h19-21,24,26-29,35,40-46,50,52-56,59-62,88H,17-18,22-23,25,30-34,36-39H2,1-16H3,(H,72,81)/t45?,46?,50?,53-,54-,55-,56-,59-,60-,61+,62+/m0/s1. The van der Waals surface area contributed by atoms with Crippen molar-refractivity contribution in [2.75, 3.05) is 34.7 Å². The predicted molar refractivity (Wildman–Crippen MR) is 342 cm³/mol. The van der Waals surface area contributed by atoms with Crippen LogP contribution in [0.2, 0.25) is 0 Å². The van der Waals surface area contributed by atoms with E-state index in [1.165, 1.54) is 49.7 Å². The lowest BCUT2D eigenvalue weighted by Crippen LogP contribution is -2.61. The molecule has 19 heteroatoms. The van der Waals surface area contributed by atoms with E-state index in [0.717, 1.165) is 47.3 Å². The van der Waals surface area contributed by atoms with Gasteiger partial charge in [0.05, 0.1) is 29.9 Å². The number of ether oxygens (including phenoxy) is 1. The fourth-order valence-corrected chi connectivity index (χ4v) is 13.8. The lowest BCUT2D eigenvalue weighted by Gasteiger charge is -2.39. The third-order valence-corrected chi connectivity index (χ3v) is 19.2. The first kappa shape index (κ1) is 71.3. The van der Waals surface area contributed by atoms with Crippen LogP contribution >= 0.6 is 0 Å². The van der Waals surface area contributed by atoms with E-state index >= 15 is 28.8 Å². The van der Waals surface area contributed by atoms with E-state index in [2.05, 4.69) is 5.32 Å². The largest absolute Gasteiger partial charge is 0.450 e. The maximum Gasteiger partial charge on any atom is 0.332 e. The Morgan fingerprint density at radius 1 is 0.640 bits per heavy atom. The molecule has 2 aliphatic heterocycles. The van der Waals surface area contributed by atoms with Crippen LogP contribution in [-0.2, 0) is 60.7 Å². The van der Waals surface area contributed by atoms with Crippen LogP contribution in [-0.4, -0.2) is 175 Å². The van der Waals surface area contributed by atoms with Gasteiger partial charge in [0.25, 0.3) is 5.91 Å². The molecule has 0 spiro atoms. The van der Waals surface area contributed by atoms with Crippen LogP contribution in [0, 0.1) is 41.4 Å². The van der Waals surface area contributed by atoms with Crippen molar-refractivity contribution in [3.63, 3.8) is 0 Å². The predicted octanol–water partition coefficient (Wildman–Crippen LogP) is 8.53. The monoisotopic (exact) mass is 1230 g/mol. The third kappa shape index (κ3) is 17.4. The summed E-state index contributed by atoms with van der Waals surface area (Å²) in [5, 5.41) is 19.5. The van der Waals surface area contributed by atoms with Crippen LogP contribution < -0.4 is 5.32 Å². The van der Waals surface area contributed by atoms with Crippen molar-refractivity contribution in [3.05, 3.63) is 78.1 Å². The van der Waals surface area contributed by atoms with E-state index in [1.807, 2.05) is 120 Å². The van der Waals surface area contributed by atoms with Gasteiger partial charge in [-0.15, -0.1) is 0 Å².